The zero-order chi connectivity index (χ0) is 10.6. The van der Waals surface area contributed by atoms with Crippen molar-refractivity contribution >= 4 is 5.97 Å². The average Bonchev–Trinajstić information content (AvgIpc) is 2.16. The Hall–Kier alpha value is -0.610. The van der Waals surface area contributed by atoms with Gasteiger partial charge < -0.3 is 9.84 Å². The highest BCUT2D eigenvalue weighted by atomic mass is 16.5. The van der Waals surface area contributed by atoms with Crippen molar-refractivity contribution in [2.24, 2.45) is 5.92 Å². The number of hydrogen-bond acceptors (Lipinski definition) is 3. The predicted octanol–water partition coefficient (Wildman–Crippen LogP) is 0.866. The number of hydrogen-bond donors (Lipinski definition) is 2. The lowest BCUT2D eigenvalue weighted by molar-refractivity contribution is -0.151. The Balaban J connectivity index is 2.56. The van der Waals surface area contributed by atoms with Crippen molar-refractivity contribution in [1.82, 2.24) is 5.32 Å². The largest absolute Gasteiger partial charge is 0.480 e. The number of carbonyl (C=O) groups is 1. The first-order valence-electron chi connectivity index (χ1n) is 5.13. The van der Waals surface area contributed by atoms with Gasteiger partial charge in [0.1, 0.15) is 5.54 Å². The quantitative estimate of drug-likeness (QED) is 0.708. The molecule has 0 saturated carbocycles. The molecule has 0 spiro atoms. The Kier molecular flexibility index (Phi) is 3.89. The maximum absolute atomic E-state index is 11.1. The van der Waals surface area contributed by atoms with Crippen LogP contribution >= 0.6 is 0 Å². The van der Waals surface area contributed by atoms with E-state index < -0.39 is 11.5 Å². The molecule has 1 saturated heterocycles. The van der Waals surface area contributed by atoms with E-state index in [4.69, 9.17) is 9.84 Å². The van der Waals surface area contributed by atoms with Crippen LogP contribution in [0.25, 0.3) is 0 Å². The summed E-state index contributed by atoms with van der Waals surface area (Å²) in [5.74, 6) is -0.271. The van der Waals surface area contributed by atoms with Gasteiger partial charge in [0.25, 0.3) is 0 Å². The van der Waals surface area contributed by atoms with Gasteiger partial charge >= 0.3 is 5.97 Å². The lowest BCUT2D eigenvalue weighted by atomic mass is 9.90. The van der Waals surface area contributed by atoms with Crippen molar-refractivity contribution in [1.29, 1.82) is 0 Å². The van der Waals surface area contributed by atoms with Crippen molar-refractivity contribution < 1.29 is 14.6 Å². The summed E-state index contributed by atoms with van der Waals surface area (Å²) in [6.07, 6.45) is 1.54. The van der Waals surface area contributed by atoms with Gasteiger partial charge in [-0.05, 0) is 18.8 Å². The fourth-order valence-electron chi connectivity index (χ4n) is 1.60. The molecular formula is C10H19NO3. The zero-order valence-corrected chi connectivity index (χ0v) is 8.88. The first-order chi connectivity index (χ1) is 6.57. The Morgan fingerprint density at radius 3 is 2.79 bits per heavy atom. The number of morpholine rings is 1. The molecule has 4 heteroatoms. The van der Waals surface area contributed by atoms with Gasteiger partial charge in [-0.15, -0.1) is 0 Å². The Bertz CT molecular complexity index is 198. The predicted molar refractivity (Wildman–Crippen MR) is 53.3 cm³/mol. The van der Waals surface area contributed by atoms with E-state index in [2.05, 4.69) is 19.2 Å². The highest BCUT2D eigenvalue weighted by Gasteiger charge is 2.39. The van der Waals surface area contributed by atoms with E-state index in [1.807, 2.05) is 0 Å². The zero-order valence-electron chi connectivity index (χ0n) is 8.88. The third kappa shape index (κ3) is 2.69. The maximum atomic E-state index is 11.1. The minimum atomic E-state index is -0.845. The lowest BCUT2D eigenvalue weighted by Gasteiger charge is -2.34. The third-order valence-electron chi connectivity index (χ3n) is 2.62. The minimum absolute atomic E-state index is 0.287. The highest BCUT2D eigenvalue weighted by molar-refractivity contribution is 5.79. The molecule has 1 aliphatic heterocycles. The van der Waals surface area contributed by atoms with E-state index in [1.165, 1.54) is 0 Å². The molecule has 1 unspecified atom stereocenters. The highest BCUT2D eigenvalue weighted by Crippen LogP contribution is 2.20. The standard InChI is InChI=1S/C10H19NO3/c1-8(2)3-4-10(9(12)13)7-14-6-5-11-10/h8,11H,3-7H2,1-2H3,(H,12,13). The summed E-state index contributed by atoms with van der Waals surface area (Å²) in [7, 11) is 0. The van der Waals surface area contributed by atoms with E-state index in [1.54, 1.807) is 0 Å². The van der Waals surface area contributed by atoms with Crippen LogP contribution in [0.1, 0.15) is 26.7 Å². The number of aliphatic carboxylic acids is 1. The second-order valence-electron chi connectivity index (χ2n) is 4.30. The molecule has 4 nitrogen and oxygen atoms in total. The lowest BCUT2D eigenvalue weighted by Crippen LogP contribution is -2.59. The summed E-state index contributed by atoms with van der Waals surface area (Å²) >= 11 is 0. The van der Waals surface area contributed by atoms with Crippen molar-refractivity contribution in [3.63, 3.8) is 0 Å². The number of carboxylic acids is 1. The minimum Gasteiger partial charge on any atom is -0.480 e. The molecule has 82 valence electrons. The molecule has 0 aromatic rings. The van der Waals surface area contributed by atoms with Crippen LogP contribution < -0.4 is 5.32 Å². The molecule has 0 aromatic heterocycles. The number of ether oxygens (including phenoxy) is 1. The third-order valence-corrected chi connectivity index (χ3v) is 2.62. The number of nitrogens with one attached hydrogen (secondary N) is 1. The smallest absolute Gasteiger partial charge is 0.326 e. The molecular weight excluding hydrogens is 182 g/mol. The normalized spacial score (nSPS) is 27.9. The molecule has 1 atom stereocenters. The molecule has 0 amide bonds. The fourth-order valence-corrected chi connectivity index (χ4v) is 1.60. The van der Waals surface area contributed by atoms with Crippen LogP contribution in [0, 0.1) is 5.92 Å². The fraction of sp³-hybridized carbons (Fsp3) is 0.900. The van der Waals surface area contributed by atoms with Crippen LogP contribution in [0.15, 0.2) is 0 Å². The summed E-state index contributed by atoms with van der Waals surface area (Å²) < 4.78 is 5.24. The van der Waals surface area contributed by atoms with E-state index in [0.29, 0.717) is 25.5 Å². The monoisotopic (exact) mass is 201 g/mol. The van der Waals surface area contributed by atoms with Crippen LogP contribution in [-0.4, -0.2) is 36.4 Å². The van der Waals surface area contributed by atoms with Crippen LogP contribution in [0.5, 0.6) is 0 Å². The molecule has 0 radical (unpaired) electrons. The van der Waals surface area contributed by atoms with Gasteiger partial charge in [0.2, 0.25) is 0 Å². The summed E-state index contributed by atoms with van der Waals surface area (Å²) in [6.45, 7) is 5.72. The molecule has 0 aliphatic carbocycles. The molecule has 2 N–H and O–H groups in total. The molecule has 14 heavy (non-hydrogen) atoms. The molecule has 1 heterocycles. The van der Waals surface area contributed by atoms with Crippen LogP contribution in [0.3, 0.4) is 0 Å². The summed E-state index contributed by atoms with van der Waals surface area (Å²) in [5.41, 5.74) is -0.845. The molecule has 1 rings (SSSR count). The maximum Gasteiger partial charge on any atom is 0.326 e. The van der Waals surface area contributed by atoms with Gasteiger partial charge in [-0.25, -0.2) is 0 Å². The molecule has 0 aromatic carbocycles. The second-order valence-corrected chi connectivity index (χ2v) is 4.30. The van der Waals surface area contributed by atoms with Gasteiger partial charge in [-0.1, -0.05) is 13.8 Å². The van der Waals surface area contributed by atoms with Crippen molar-refractivity contribution in [2.75, 3.05) is 19.8 Å². The molecule has 1 fully saturated rings. The average molecular weight is 201 g/mol. The first kappa shape index (κ1) is 11.5. The van der Waals surface area contributed by atoms with E-state index >= 15 is 0 Å². The van der Waals surface area contributed by atoms with E-state index in [0.717, 1.165) is 6.42 Å². The Labute approximate surface area is 84.6 Å². The summed E-state index contributed by atoms with van der Waals surface area (Å²) in [6, 6.07) is 0. The van der Waals surface area contributed by atoms with Crippen LogP contribution in [-0.2, 0) is 9.53 Å². The van der Waals surface area contributed by atoms with Gasteiger partial charge in [0.15, 0.2) is 0 Å². The van der Waals surface area contributed by atoms with Gasteiger partial charge in [0, 0.05) is 6.54 Å². The number of rotatable bonds is 4. The van der Waals surface area contributed by atoms with E-state index in [9.17, 15) is 4.79 Å². The topological polar surface area (TPSA) is 58.6 Å². The second kappa shape index (κ2) is 4.75. The van der Waals surface area contributed by atoms with Crippen molar-refractivity contribution in [2.45, 2.75) is 32.2 Å². The van der Waals surface area contributed by atoms with Crippen molar-refractivity contribution in [3.05, 3.63) is 0 Å². The number of carboxylic acid groups (broad SMARTS) is 1. The first-order valence-corrected chi connectivity index (χ1v) is 5.13. The van der Waals surface area contributed by atoms with Crippen LogP contribution in [0.2, 0.25) is 0 Å². The summed E-state index contributed by atoms with van der Waals surface area (Å²) in [4.78, 5) is 11.1. The SMILES string of the molecule is CC(C)CCC1(C(=O)O)COCCN1. The van der Waals surface area contributed by atoms with Gasteiger partial charge in [-0.3, -0.25) is 10.1 Å². The Morgan fingerprint density at radius 2 is 2.36 bits per heavy atom. The van der Waals surface area contributed by atoms with Crippen molar-refractivity contribution in [3.8, 4) is 0 Å². The Morgan fingerprint density at radius 1 is 1.64 bits per heavy atom. The van der Waals surface area contributed by atoms with E-state index in [-0.39, 0.29) is 6.61 Å². The van der Waals surface area contributed by atoms with Gasteiger partial charge in [0.05, 0.1) is 13.2 Å². The van der Waals surface area contributed by atoms with Crippen LogP contribution in [0.4, 0.5) is 0 Å². The molecule has 0 bridgehead atoms. The van der Waals surface area contributed by atoms with Gasteiger partial charge in [-0.2, -0.15) is 0 Å². The molecule has 1 aliphatic rings. The summed E-state index contributed by atoms with van der Waals surface area (Å²) in [5, 5.41) is 12.2.